The Hall–Kier alpha value is -3.44. The van der Waals surface area contributed by atoms with Gasteiger partial charge in [0.25, 0.3) is 5.91 Å². The van der Waals surface area contributed by atoms with E-state index >= 15 is 0 Å². The fourth-order valence-corrected chi connectivity index (χ4v) is 3.99. The number of carbonyl (C=O) groups is 2. The third-order valence-corrected chi connectivity index (χ3v) is 5.75. The van der Waals surface area contributed by atoms with E-state index in [1.54, 1.807) is 19.1 Å². The summed E-state index contributed by atoms with van der Waals surface area (Å²) in [7, 11) is 0. The van der Waals surface area contributed by atoms with Crippen LogP contribution in [-0.4, -0.2) is 28.5 Å². The summed E-state index contributed by atoms with van der Waals surface area (Å²) in [5.41, 5.74) is 4.03. The first-order valence-corrected chi connectivity index (χ1v) is 11.5. The Balaban J connectivity index is 0.000000968. The van der Waals surface area contributed by atoms with Crippen molar-refractivity contribution < 1.29 is 19.8 Å². The Morgan fingerprint density at radius 1 is 0.788 bits per heavy atom. The molecule has 3 aromatic rings. The number of rotatable bonds is 5. The third kappa shape index (κ3) is 6.77. The number of aliphatic hydroxyl groups excluding tert-OH is 1. The predicted octanol–water partition coefficient (Wildman–Crippen LogP) is 6.07. The van der Waals surface area contributed by atoms with Crippen LogP contribution in [0.5, 0.6) is 5.75 Å². The molecule has 1 amide bonds. The van der Waals surface area contributed by atoms with E-state index < -0.39 is 0 Å². The van der Waals surface area contributed by atoms with Crippen LogP contribution in [0, 0.1) is 5.92 Å². The Morgan fingerprint density at radius 3 is 1.82 bits per heavy atom. The molecule has 3 aromatic carbocycles. The Bertz CT molecular complexity index is 1030. The lowest BCUT2D eigenvalue weighted by Crippen LogP contribution is -2.17. The highest BCUT2D eigenvalue weighted by Crippen LogP contribution is 2.28. The lowest BCUT2D eigenvalue weighted by molar-refractivity contribution is 0.0889. The van der Waals surface area contributed by atoms with Crippen LogP contribution in [0.3, 0.4) is 0 Å². The Kier molecular flexibility index (Phi) is 8.79. The molecule has 0 aliphatic heterocycles. The van der Waals surface area contributed by atoms with Crippen LogP contribution in [-0.2, 0) is 0 Å². The molecule has 0 unspecified atom stereocenters. The third-order valence-electron chi connectivity index (χ3n) is 5.75. The molecule has 33 heavy (non-hydrogen) atoms. The van der Waals surface area contributed by atoms with Crippen LogP contribution in [0.15, 0.2) is 72.8 Å². The quantitative estimate of drug-likeness (QED) is 0.416. The molecule has 0 bridgehead atoms. The van der Waals surface area contributed by atoms with Crippen LogP contribution < -0.4 is 5.32 Å². The van der Waals surface area contributed by atoms with Crippen LogP contribution >= 0.6 is 0 Å². The van der Waals surface area contributed by atoms with E-state index in [2.05, 4.69) is 5.32 Å². The number of ketones is 1. The molecule has 0 atom stereocenters. The van der Waals surface area contributed by atoms with E-state index in [9.17, 15) is 14.7 Å². The van der Waals surface area contributed by atoms with Gasteiger partial charge in [0.2, 0.25) is 0 Å². The highest BCUT2D eigenvalue weighted by atomic mass is 16.3. The minimum Gasteiger partial charge on any atom is -0.508 e. The summed E-state index contributed by atoms with van der Waals surface area (Å²) < 4.78 is 0. The number of carbonyl (C=O) groups excluding carboxylic acids is 2. The number of hydrogen-bond acceptors (Lipinski definition) is 4. The fourth-order valence-electron chi connectivity index (χ4n) is 3.99. The minimum absolute atomic E-state index is 0.127. The van der Waals surface area contributed by atoms with Crippen molar-refractivity contribution in [3.63, 3.8) is 0 Å². The standard InChI is InChI=1S/C26H25NO3.C2H6O/c28-24-16-12-22(13-17-24)26(30)27-23-14-10-19(11-15-23)18-6-8-21(9-7-18)25(29)20-4-2-1-3-5-20;1-2-3/h6-17,20,28H,1-5H2,(H,27,30);3H,2H2,1H3. The molecule has 0 heterocycles. The van der Waals surface area contributed by atoms with Crippen molar-refractivity contribution >= 4 is 17.4 Å². The van der Waals surface area contributed by atoms with Gasteiger partial charge in [-0.15, -0.1) is 0 Å². The van der Waals surface area contributed by atoms with Gasteiger partial charge in [-0.1, -0.05) is 55.7 Å². The van der Waals surface area contributed by atoms with Crippen LogP contribution in [0.4, 0.5) is 5.69 Å². The van der Waals surface area contributed by atoms with Gasteiger partial charge in [0, 0.05) is 29.3 Å². The average Bonchev–Trinajstić information content (AvgIpc) is 2.85. The van der Waals surface area contributed by atoms with E-state index in [0.29, 0.717) is 11.3 Å². The van der Waals surface area contributed by atoms with E-state index in [1.807, 2.05) is 48.5 Å². The topological polar surface area (TPSA) is 86.6 Å². The molecule has 5 heteroatoms. The van der Waals surface area contributed by atoms with Gasteiger partial charge in [-0.05, 0) is 67.3 Å². The fraction of sp³-hybridized carbons (Fsp3) is 0.286. The van der Waals surface area contributed by atoms with Gasteiger partial charge >= 0.3 is 0 Å². The lowest BCUT2D eigenvalue weighted by Gasteiger charge is -2.20. The molecule has 3 N–H and O–H groups in total. The Morgan fingerprint density at radius 2 is 1.27 bits per heavy atom. The van der Waals surface area contributed by atoms with Gasteiger partial charge in [-0.3, -0.25) is 9.59 Å². The zero-order chi connectivity index (χ0) is 23.6. The summed E-state index contributed by atoms with van der Waals surface area (Å²) in [6.07, 6.45) is 5.58. The number of aliphatic hydroxyl groups is 1. The zero-order valence-electron chi connectivity index (χ0n) is 19.0. The van der Waals surface area contributed by atoms with Gasteiger partial charge < -0.3 is 15.5 Å². The van der Waals surface area contributed by atoms with Crippen molar-refractivity contribution in [3.8, 4) is 16.9 Å². The molecular formula is C28H31NO4. The van der Waals surface area contributed by atoms with Gasteiger partial charge in [0.05, 0.1) is 0 Å². The maximum absolute atomic E-state index is 12.7. The van der Waals surface area contributed by atoms with Crippen molar-refractivity contribution in [1.29, 1.82) is 0 Å². The highest BCUT2D eigenvalue weighted by Gasteiger charge is 2.22. The maximum Gasteiger partial charge on any atom is 0.255 e. The van der Waals surface area contributed by atoms with Crippen molar-refractivity contribution in [1.82, 2.24) is 0 Å². The number of hydrogen-bond donors (Lipinski definition) is 3. The number of Topliss-reactive ketones (excluding diaryl/α,β-unsaturated/α-hetero) is 1. The number of aromatic hydroxyl groups is 1. The summed E-state index contributed by atoms with van der Waals surface area (Å²) in [5, 5.41) is 19.8. The Labute approximate surface area is 195 Å². The second-order valence-corrected chi connectivity index (χ2v) is 8.17. The molecular weight excluding hydrogens is 414 g/mol. The largest absolute Gasteiger partial charge is 0.508 e. The lowest BCUT2D eigenvalue weighted by atomic mass is 9.83. The minimum atomic E-state index is -0.228. The van der Waals surface area contributed by atoms with E-state index in [1.165, 1.54) is 18.6 Å². The molecule has 5 nitrogen and oxygen atoms in total. The second kappa shape index (κ2) is 12.0. The molecule has 0 aromatic heterocycles. The van der Waals surface area contributed by atoms with E-state index in [-0.39, 0.29) is 30.0 Å². The van der Waals surface area contributed by atoms with Gasteiger partial charge in [0.15, 0.2) is 5.78 Å². The van der Waals surface area contributed by atoms with E-state index in [4.69, 9.17) is 5.11 Å². The number of nitrogens with one attached hydrogen (secondary N) is 1. The normalized spacial score (nSPS) is 13.5. The summed E-state index contributed by atoms with van der Waals surface area (Å²) in [6.45, 7) is 1.93. The number of phenolic OH excluding ortho intramolecular Hbond substituents is 1. The SMILES string of the molecule is CCO.O=C(Nc1ccc(-c2ccc(C(=O)C3CCCCC3)cc2)cc1)c1ccc(O)cc1. The number of phenols is 1. The molecule has 1 aliphatic rings. The predicted molar refractivity (Wildman–Crippen MR) is 132 cm³/mol. The molecule has 1 fully saturated rings. The molecule has 4 rings (SSSR count). The summed E-state index contributed by atoms with van der Waals surface area (Å²) in [6, 6.07) is 21.6. The van der Waals surface area contributed by atoms with Crippen molar-refractivity contribution in [3.05, 3.63) is 83.9 Å². The number of benzene rings is 3. The average molecular weight is 446 g/mol. The molecule has 172 valence electrons. The van der Waals surface area contributed by atoms with Gasteiger partial charge in [0.1, 0.15) is 5.75 Å². The van der Waals surface area contributed by atoms with Gasteiger partial charge in [-0.2, -0.15) is 0 Å². The zero-order valence-corrected chi connectivity index (χ0v) is 19.0. The highest BCUT2D eigenvalue weighted by molar-refractivity contribution is 6.04. The van der Waals surface area contributed by atoms with Crippen molar-refractivity contribution in [2.24, 2.45) is 5.92 Å². The number of amides is 1. The maximum atomic E-state index is 12.7. The van der Waals surface area contributed by atoms with Crippen LogP contribution in [0.25, 0.3) is 11.1 Å². The molecule has 0 radical (unpaired) electrons. The van der Waals surface area contributed by atoms with Gasteiger partial charge in [-0.25, -0.2) is 0 Å². The second-order valence-electron chi connectivity index (χ2n) is 8.17. The van der Waals surface area contributed by atoms with Crippen molar-refractivity contribution in [2.45, 2.75) is 39.0 Å². The number of anilines is 1. The summed E-state index contributed by atoms with van der Waals surface area (Å²) in [4.78, 5) is 25.0. The first kappa shape index (κ1) is 24.2. The smallest absolute Gasteiger partial charge is 0.255 e. The summed E-state index contributed by atoms with van der Waals surface area (Å²) in [5.74, 6) is 0.352. The first-order valence-electron chi connectivity index (χ1n) is 11.5. The molecule has 1 saturated carbocycles. The first-order chi connectivity index (χ1) is 16.0. The summed E-state index contributed by atoms with van der Waals surface area (Å²) >= 11 is 0. The van der Waals surface area contributed by atoms with Crippen molar-refractivity contribution in [2.75, 3.05) is 11.9 Å². The van der Waals surface area contributed by atoms with Crippen LogP contribution in [0.1, 0.15) is 59.7 Å². The van der Waals surface area contributed by atoms with E-state index in [0.717, 1.165) is 42.4 Å². The molecule has 1 aliphatic carbocycles. The van der Waals surface area contributed by atoms with Crippen LogP contribution in [0.2, 0.25) is 0 Å². The molecule has 0 saturated heterocycles. The monoisotopic (exact) mass is 445 g/mol. The molecule has 0 spiro atoms.